The average Bonchev–Trinajstić information content (AvgIpc) is 3.33. The summed E-state index contributed by atoms with van der Waals surface area (Å²) < 4.78 is 0. The molecule has 1 amide bonds. The molecule has 0 aromatic heterocycles. The lowest BCUT2D eigenvalue weighted by molar-refractivity contribution is -0.122. The zero-order valence-electron chi connectivity index (χ0n) is 14.1. The molecule has 1 N–H and O–H groups in total. The molecule has 0 heterocycles. The summed E-state index contributed by atoms with van der Waals surface area (Å²) in [5, 5.41) is 4.50. The molecule has 3 nitrogen and oxygen atoms in total. The number of hydrogen-bond donors (Lipinski definition) is 1. The zero-order valence-corrected chi connectivity index (χ0v) is 14.1. The van der Waals surface area contributed by atoms with Gasteiger partial charge in [-0.2, -0.15) is 5.10 Å². The number of fused-ring (bicyclic) bond motifs is 1. The third kappa shape index (κ3) is 4.01. The molecule has 2 aliphatic rings. The SMILES string of the molecule is CCCCCC(=NNC(=O)C1C2CCCCC21)c1ccccc1. The van der Waals surface area contributed by atoms with E-state index in [1.165, 1.54) is 38.5 Å². The van der Waals surface area contributed by atoms with Crippen molar-refractivity contribution < 1.29 is 4.79 Å². The first-order valence-corrected chi connectivity index (χ1v) is 9.23. The first kappa shape index (κ1) is 16.2. The van der Waals surface area contributed by atoms with Gasteiger partial charge in [-0.1, -0.05) is 62.9 Å². The number of unbranched alkanes of at least 4 members (excludes halogenated alkanes) is 2. The summed E-state index contributed by atoms with van der Waals surface area (Å²) in [5.41, 5.74) is 5.01. The maximum atomic E-state index is 12.4. The van der Waals surface area contributed by atoms with Crippen LogP contribution in [0.3, 0.4) is 0 Å². The average molecular weight is 312 g/mol. The second-order valence-electron chi connectivity index (χ2n) is 7.00. The molecular weight excluding hydrogens is 284 g/mol. The molecule has 0 bridgehead atoms. The first-order valence-electron chi connectivity index (χ1n) is 9.23. The number of carbonyl (C=O) groups is 1. The van der Waals surface area contributed by atoms with Gasteiger partial charge in [0.2, 0.25) is 5.91 Å². The van der Waals surface area contributed by atoms with Crippen LogP contribution in [-0.4, -0.2) is 11.6 Å². The van der Waals surface area contributed by atoms with E-state index in [1.807, 2.05) is 18.2 Å². The van der Waals surface area contributed by atoms with E-state index < -0.39 is 0 Å². The summed E-state index contributed by atoms with van der Waals surface area (Å²) in [6.45, 7) is 2.20. The predicted molar refractivity (Wildman–Crippen MR) is 94.2 cm³/mol. The van der Waals surface area contributed by atoms with Gasteiger partial charge in [0.15, 0.2) is 0 Å². The van der Waals surface area contributed by atoms with Gasteiger partial charge in [-0.25, -0.2) is 5.43 Å². The molecular formula is C20H28N2O. The van der Waals surface area contributed by atoms with Crippen LogP contribution in [0.1, 0.15) is 63.9 Å². The van der Waals surface area contributed by atoms with Crippen LogP contribution in [0.25, 0.3) is 0 Å². The Bertz CT molecular complexity index is 540. The normalized spacial score (nSPS) is 26.5. The van der Waals surface area contributed by atoms with Gasteiger partial charge in [-0.15, -0.1) is 0 Å². The van der Waals surface area contributed by atoms with Gasteiger partial charge in [0.05, 0.1) is 5.71 Å². The molecule has 3 heteroatoms. The van der Waals surface area contributed by atoms with E-state index in [0.29, 0.717) is 11.8 Å². The zero-order chi connectivity index (χ0) is 16.1. The van der Waals surface area contributed by atoms with Crippen molar-refractivity contribution in [1.29, 1.82) is 0 Å². The van der Waals surface area contributed by atoms with Gasteiger partial charge in [-0.05, 0) is 43.1 Å². The molecule has 1 aromatic rings. The van der Waals surface area contributed by atoms with Crippen molar-refractivity contribution in [3.05, 3.63) is 35.9 Å². The van der Waals surface area contributed by atoms with Crippen molar-refractivity contribution >= 4 is 11.6 Å². The quantitative estimate of drug-likeness (QED) is 0.449. The minimum absolute atomic E-state index is 0.144. The van der Waals surface area contributed by atoms with E-state index in [9.17, 15) is 4.79 Å². The summed E-state index contributed by atoms with van der Waals surface area (Å²) in [7, 11) is 0. The van der Waals surface area contributed by atoms with E-state index in [4.69, 9.17) is 0 Å². The molecule has 2 atom stereocenters. The molecule has 0 saturated heterocycles. The molecule has 0 aliphatic heterocycles. The highest BCUT2D eigenvalue weighted by atomic mass is 16.2. The fourth-order valence-corrected chi connectivity index (χ4v) is 4.02. The summed E-state index contributed by atoms with van der Waals surface area (Å²) in [6.07, 6.45) is 9.49. The molecule has 3 rings (SSSR count). The van der Waals surface area contributed by atoms with Gasteiger partial charge in [-0.3, -0.25) is 4.79 Å². The number of benzene rings is 1. The molecule has 2 aliphatic carbocycles. The van der Waals surface area contributed by atoms with Crippen molar-refractivity contribution in [3.8, 4) is 0 Å². The number of amides is 1. The molecule has 0 spiro atoms. The Morgan fingerprint density at radius 1 is 1.13 bits per heavy atom. The summed E-state index contributed by atoms with van der Waals surface area (Å²) >= 11 is 0. The van der Waals surface area contributed by atoms with Gasteiger partial charge >= 0.3 is 0 Å². The summed E-state index contributed by atoms with van der Waals surface area (Å²) in [6, 6.07) is 10.2. The Balaban J connectivity index is 1.62. The minimum atomic E-state index is 0.144. The second kappa shape index (κ2) is 7.76. The van der Waals surface area contributed by atoms with Crippen LogP contribution in [0.15, 0.2) is 35.4 Å². The van der Waals surface area contributed by atoms with E-state index in [1.54, 1.807) is 0 Å². The Morgan fingerprint density at radius 3 is 2.48 bits per heavy atom. The van der Waals surface area contributed by atoms with Crippen molar-refractivity contribution in [2.75, 3.05) is 0 Å². The van der Waals surface area contributed by atoms with Crippen LogP contribution in [0.4, 0.5) is 0 Å². The van der Waals surface area contributed by atoms with Crippen molar-refractivity contribution in [3.63, 3.8) is 0 Å². The summed E-state index contributed by atoms with van der Waals surface area (Å²) in [4.78, 5) is 12.4. The molecule has 0 radical (unpaired) electrons. The third-order valence-corrected chi connectivity index (χ3v) is 5.38. The van der Waals surface area contributed by atoms with Crippen LogP contribution in [-0.2, 0) is 4.79 Å². The number of rotatable bonds is 7. The number of carbonyl (C=O) groups excluding carboxylic acids is 1. The maximum Gasteiger partial charge on any atom is 0.243 e. The highest BCUT2D eigenvalue weighted by molar-refractivity contribution is 6.01. The highest BCUT2D eigenvalue weighted by Crippen LogP contribution is 2.55. The lowest BCUT2D eigenvalue weighted by atomic mass is 10.0. The maximum absolute atomic E-state index is 12.4. The van der Waals surface area contributed by atoms with Crippen molar-refractivity contribution in [2.45, 2.75) is 58.3 Å². The monoisotopic (exact) mass is 312 g/mol. The van der Waals surface area contributed by atoms with Gasteiger partial charge in [0.25, 0.3) is 0 Å². The smallest absolute Gasteiger partial charge is 0.243 e. The fourth-order valence-electron chi connectivity index (χ4n) is 4.02. The van der Waals surface area contributed by atoms with Crippen molar-refractivity contribution in [2.24, 2.45) is 22.9 Å². The predicted octanol–water partition coefficient (Wildman–Crippen LogP) is 4.52. The number of nitrogens with one attached hydrogen (secondary N) is 1. The molecule has 1 aromatic carbocycles. The van der Waals surface area contributed by atoms with Crippen LogP contribution in [0.2, 0.25) is 0 Å². The Hall–Kier alpha value is -1.64. The molecule has 2 fully saturated rings. The van der Waals surface area contributed by atoms with Gasteiger partial charge in [0, 0.05) is 5.92 Å². The van der Waals surface area contributed by atoms with E-state index >= 15 is 0 Å². The topological polar surface area (TPSA) is 41.5 Å². The third-order valence-electron chi connectivity index (χ3n) is 5.38. The molecule has 23 heavy (non-hydrogen) atoms. The second-order valence-corrected chi connectivity index (χ2v) is 7.00. The minimum Gasteiger partial charge on any atom is -0.273 e. The first-order chi connectivity index (χ1) is 11.3. The Labute approximate surface area is 139 Å². The molecule has 2 unspecified atom stereocenters. The van der Waals surface area contributed by atoms with E-state index in [-0.39, 0.29) is 11.8 Å². The van der Waals surface area contributed by atoms with Gasteiger partial charge in [0.1, 0.15) is 0 Å². The Kier molecular flexibility index (Phi) is 5.47. The highest BCUT2D eigenvalue weighted by Gasteiger charge is 2.54. The van der Waals surface area contributed by atoms with Crippen LogP contribution in [0, 0.1) is 17.8 Å². The number of hydrogen-bond acceptors (Lipinski definition) is 2. The number of hydrazone groups is 1. The van der Waals surface area contributed by atoms with Crippen LogP contribution < -0.4 is 5.43 Å². The Morgan fingerprint density at radius 2 is 1.83 bits per heavy atom. The van der Waals surface area contributed by atoms with Gasteiger partial charge < -0.3 is 0 Å². The number of nitrogens with zero attached hydrogens (tertiary/aromatic N) is 1. The standard InChI is InChI=1S/C20H28N2O/c1-2-3-5-14-18(15-10-6-4-7-11-15)21-22-20(23)19-16-12-8-9-13-17(16)19/h4,6-7,10-11,16-17,19H,2-3,5,8-9,12-14H2,1H3,(H,22,23). The largest absolute Gasteiger partial charge is 0.273 e. The fraction of sp³-hybridized carbons (Fsp3) is 0.600. The van der Waals surface area contributed by atoms with E-state index in [0.717, 1.165) is 24.1 Å². The lowest BCUT2D eigenvalue weighted by Gasteiger charge is -2.07. The molecule has 2 saturated carbocycles. The van der Waals surface area contributed by atoms with E-state index in [2.05, 4.69) is 29.6 Å². The molecule has 124 valence electrons. The van der Waals surface area contributed by atoms with Crippen LogP contribution in [0.5, 0.6) is 0 Å². The lowest BCUT2D eigenvalue weighted by Crippen LogP contribution is -2.23. The van der Waals surface area contributed by atoms with Crippen molar-refractivity contribution in [1.82, 2.24) is 5.43 Å². The van der Waals surface area contributed by atoms with Crippen LogP contribution >= 0.6 is 0 Å². The summed E-state index contributed by atoms with van der Waals surface area (Å²) in [5.74, 6) is 1.65.